The van der Waals surface area contributed by atoms with Gasteiger partial charge in [-0.15, -0.1) is 0 Å². The molecule has 2 nitrogen and oxygen atoms in total. The molecule has 0 aliphatic rings. The van der Waals surface area contributed by atoms with Crippen molar-refractivity contribution in [1.29, 1.82) is 0 Å². The summed E-state index contributed by atoms with van der Waals surface area (Å²) in [4.78, 5) is 4.49. The van der Waals surface area contributed by atoms with Gasteiger partial charge in [0.25, 0.3) is 0 Å². The molecule has 3 heteroatoms. The van der Waals surface area contributed by atoms with Crippen LogP contribution in [0, 0.1) is 3.57 Å². The minimum Gasteiger partial charge on any atom is -0.411 e. The normalized spacial score (nSPS) is 9.11. The first-order valence-corrected chi connectivity index (χ1v) is 3.53. The Hall–Kier alpha value is -0.290. The average molecular weight is 235 g/mol. The fourth-order valence-corrected chi connectivity index (χ4v) is 1.05. The molecule has 0 radical (unpaired) electrons. The Morgan fingerprint density at radius 1 is 1.44 bits per heavy atom. The maximum Gasteiger partial charge on any atom is 0.147 e. The summed E-state index contributed by atoms with van der Waals surface area (Å²) in [5.74, 6) is 5.61. The van der Waals surface area contributed by atoms with E-state index in [-0.39, 0.29) is 0 Å². The van der Waals surface area contributed by atoms with E-state index < -0.39 is 0 Å². The Balaban J connectivity index is 2.94. The molecule has 0 fully saturated rings. The monoisotopic (exact) mass is 235 g/mol. The molecule has 0 aromatic heterocycles. The van der Waals surface area contributed by atoms with Crippen LogP contribution in [0.5, 0.6) is 5.75 Å². The lowest BCUT2D eigenvalue weighted by Crippen LogP contribution is -2.01. The highest BCUT2D eigenvalue weighted by Crippen LogP contribution is 2.12. The molecular formula is C6H6INO. The van der Waals surface area contributed by atoms with Gasteiger partial charge in [-0.3, -0.25) is 0 Å². The van der Waals surface area contributed by atoms with Crippen LogP contribution < -0.4 is 10.7 Å². The molecule has 1 aromatic carbocycles. The predicted octanol–water partition coefficient (Wildman–Crippen LogP) is 1.54. The van der Waals surface area contributed by atoms with Crippen molar-refractivity contribution in [3.63, 3.8) is 0 Å². The summed E-state index contributed by atoms with van der Waals surface area (Å²) < 4.78 is 1.12. The fraction of sp³-hybridized carbons (Fsp3) is 0. The molecule has 0 saturated carbocycles. The molecule has 2 N–H and O–H groups in total. The second-order valence-electron chi connectivity index (χ2n) is 1.58. The summed E-state index contributed by atoms with van der Waals surface area (Å²) in [6, 6.07) is 7.54. The highest BCUT2D eigenvalue weighted by molar-refractivity contribution is 14.1. The number of halogens is 1. The molecule has 0 spiro atoms. The summed E-state index contributed by atoms with van der Waals surface area (Å²) in [5, 5.41) is 0. The van der Waals surface area contributed by atoms with E-state index in [0.717, 1.165) is 3.57 Å². The standard InChI is InChI=1S/C6H6INO/c7-5-2-1-3-6(4-5)9-8/h1-4H,8H2. The second-order valence-corrected chi connectivity index (χ2v) is 2.82. The molecular weight excluding hydrogens is 229 g/mol. The minimum absolute atomic E-state index is 0.696. The number of hydrogen-bond acceptors (Lipinski definition) is 2. The quantitative estimate of drug-likeness (QED) is 0.591. The highest BCUT2D eigenvalue weighted by atomic mass is 127. The van der Waals surface area contributed by atoms with Crippen LogP contribution >= 0.6 is 22.6 Å². The number of hydrogen-bond donors (Lipinski definition) is 1. The van der Waals surface area contributed by atoms with Crippen molar-refractivity contribution in [2.24, 2.45) is 5.90 Å². The molecule has 9 heavy (non-hydrogen) atoms. The zero-order valence-corrected chi connectivity index (χ0v) is 6.83. The van der Waals surface area contributed by atoms with Crippen LogP contribution in [0.25, 0.3) is 0 Å². The van der Waals surface area contributed by atoms with Crippen molar-refractivity contribution in [2.75, 3.05) is 0 Å². The van der Waals surface area contributed by atoms with Crippen molar-refractivity contribution < 1.29 is 4.84 Å². The molecule has 1 rings (SSSR count). The third-order valence-electron chi connectivity index (χ3n) is 0.932. The van der Waals surface area contributed by atoms with Gasteiger partial charge < -0.3 is 4.84 Å². The van der Waals surface area contributed by atoms with Crippen molar-refractivity contribution in [3.05, 3.63) is 27.8 Å². The van der Waals surface area contributed by atoms with Gasteiger partial charge in [-0.25, -0.2) is 0 Å². The lowest BCUT2D eigenvalue weighted by Gasteiger charge is -1.95. The van der Waals surface area contributed by atoms with E-state index in [4.69, 9.17) is 5.90 Å². The summed E-state index contributed by atoms with van der Waals surface area (Å²) in [7, 11) is 0. The molecule has 48 valence electrons. The molecule has 0 atom stereocenters. The fourth-order valence-electron chi connectivity index (χ4n) is 0.540. The van der Waals surface area contributed by atoms with Crippen LogP contribution in [0.1, 0.15) is 0 Å². The molecule has 0 bridgehead atoms. The smallest absolute Gasteiger partial charge is 0.147 e. The zero-order valence-electron chi connectivity index (χ0n) is 4.67. The van der Waals surface area contributed by atoms with Gasteiger partial charge >= 0.3 is 0 Å². The highest BCUT2D eigenvalue weighted by Gasteiger charge is 1.88. The molecule has 0 unspecified atom stereocenters. The molecule has 0 saturated heterocycles. The van der Waals surface area contributed by atoms with Crippen molar-refractivity contribution >= 4 is 22.6 Å². The van der Waals surface area contributed by atoms with Gasteiger partial charge in [0.1, 0.15) is 5.75 Å². The third kappa shape index (κ3) is 1.83. The van der Waals surface area contributed by atoms with Crippen LogP contribution in [0.15, 0.2) is 24.3 Å². The van der Waals surface area contributed by atoms with Gasteiger partial charge in [-0.1, -0.05) is 6.07 Å². The van der Waals surface area contributed by atoms with Gasteiger partial charge in [0.15, 0.2) is 0 Å². The van der Waals surface area contributed by atoms with Gasteiger partial charge in [0.2, 0.25) is 0 Å². The Labute approximate surface area is 67.1 Å². The van der Waals surface area contributed by atoms with Gasteiger partial charge in [0.05, 0.1) is 0 Å². The van der Waals surface area contributed by atoms with Crippen LogP contribution in [0.2, 0.25) is 0 Å². The van der Waals surface area contributed by atoms with Crippen LogP contribution in [-0.2, 0) is 0 Å². The average Bonchev–Trinajstić information content (AvgIpc) is 1.88. The van der Waals surface area contributed by atoms with Gasteiger partial charge in [0, 0.05) is 3.57 Å². The first-order valence-electron chi connectivity index (χ1n) is 2.45. The maximum atomic E-state index is 4.92. The zero-order chi connectivity index (χ0) is 6.69. The topological polar surface area (TPSA) is 35.2 Å². The molecule has 0 aliphatic heterocycles. The van der Waals surface area contributed by atoms with E-state index in [0.29, 0.717) is 5.75 Å². The van der Waals surface area contributed by atoms with Crippen molar-refractivity contribution in [1.82, 2.24) is 0 Å². The Morgan fingerprint density at radius 2 is 2.22 bits per heavy atom. The first kappa shape index (κ1) is 6.82. The number of rotatable bonds is 1. The Kier molecular flexibility index (Phi) is 2.29. The van der Waals surface area contributed by atoms with E-state index in [1.807, 2.05) is 24.3 Å². The Morgan fingerprint density at radius 3 is 2.67 bits per heavy atom. The van der Waals surface area contributed by atoms with Crippen molar-refractivity contribution in [2.45, 2.75) is 0 Å². The van der Waals surface area contributed by atoms with Crippen LogP contribution in [-0.4, -0.2) is 0 Å². The lowest BCUT2D eigenvalue weighted by molar-refractivity contribution is 0.334. The minimum atomic E-state index is 0.696. The summed E-state index contributed by atoms with van der Waals surface area (Å²) in [6.45, 7) is 0. The molecule has 0 aliphatic carbocycles. The van der Waals surface area contributed by atoms with E-state index in [9.17, 15) is 0 Å². The van der Waals surface area contributed by atoms with Crippen molar-refractivity contribution in [3.8, 4) is 5.75 Å². The van der Waals surface area contributed by atoms with E-state index in [1.165, 1.54) is 0 Å². The number of nitrogens with two attached hydrogens (primary N) is 1. The molecule has 0 heterocycles. The maximum absolute atomic E-state index is 4.92. The summed E-state index contributed by atoms with van der Waals surface area (Å²) in [5.41, 5.74) is 0. The van der Waals surface area contributed by atoms with Gasteiger partial charge in [-0.2, -0.15) is 5.90 Å². The lowest BCUT2D eigenvalue weighted by atomic mass is 10.3. The Bertz CT molecular complexity index is 202. The largest absolute Gasteiger partial charge is 0.411 e. The van der Waals surface area contributed by atoms with E-state index in [2.05, 4.69) is 27.4 Å². The van der Waals surface area contributed by atoms with Crippen LogP contribution in [0.4, 0.5) is 0 Å². The van der Waals surface area contributed by atoms with E-state index in [1.54, 1.807) is 0 Å². The summed E-state index contributed by atoms with van der Waals surface area (Å²) in [6.07, 6.45) is 0. The second kappa shape index (κ2) is 3.03. The number of benzene rings is 1. The predicted molar refractivity (Wildman–Crippen MR) is 44.0 cm³/mol. The van der Waals surface area contributed by atoms with E-state index >= 15 is 0 Å². The first-order chi connectivity index (χ1) is 4.33. The summed E-state index contributed by atoms with van der Waals surface area (Å²) >= 11 is 2.19. The molecule has 1 aromatic rings. The van der Waals surface area contributed by atoms with Crippen LogP contribution in [0.3, 0.4) is 0 Å². The van der Waals surface area contributed by atoms with Gasteiger partial charge in [-0.05, 0) is 40.8 Å². The SMILES string of the molecule is NOc1cccc(I)c1. The third-order valence-corrected chi connectivity index (χ3v) is 1.60. The molecule has 0 amide bonds.